The zero-order valence-electron chi connectivity index (χ0n) is 15.9. The molecule has 134 valence electrons. The van der Waals surface area contributed by atoms with Crippen LogP contribution < -0.4 is 0 Å². The van der Waals surface area contributed by atoms with Crippen LogP contribution in [0.1, 0.15) is 52.0 Å². The predicted molar refractivity (Wildman–Crippen MR) is 99.5 cm³/mol. The summed E-state index contributed by atoms with van der Waals surface area (Å²) in [6.07, 6.45) is 3.75. The second-order valence-electron chi connectivity index (χ2n) is 8.83. The highest BCUT2D eigenvalue weighted by atomic mass is 28.4. The molecule has 3 rings (SSSR count). The van der Waals surface area contributed by atoms with Crippen molar-refractivity contribution in [3.8, 4) is 0 Å². The highest BCUT2D eigenvalue weighted by Crippen LogP contribution is 2.51. The van der Waals surface area contributed by atoms with Crippen LogP contribution >= 0.6 is 0 Å². The standard InChI is InChI=1S/C20H32O3Si/c1-18(2,3)24(4,5)23-19(17-9-7-6-8-10-17)11-13-20(14-12-19)21-15-16-22-20/h6-10H,11-16H2,1-5H3. The molecule has 0 radical (unpaired) electrons. The molecule has 4 heteroatoms. The van der Waals surface area contributed by atoms with Gasteiger partial charge in [0.05, 0.1) is 18.8 Å². The Labute approximate surface area is 147 Å². The van der Waals surface area contributed by atoms with E-state index in [1.165, 1.54) is 5.56 Å². The van der Waals surface area contributed by atoms with Crippen molar-refractivity contribution < 1.29 is 13.9 Å². The fourth-order valence-corrected chi connectivity index (χ4v) is 5.26. The third-order valence-electron chi connectivity index (χ3n) is 6.19. The van der Waals surface area contributed by atoms with Crippen molar-refractivity contribution in [1.82, 2.24) is 0 Å². The normalized spacial score (nSPS) is 23.5. The van der Waals surface area contributed by atoms with Gasteiger partial charge in [-0.15, -0.1) is 0 Å². The van der Waals surface area contributed by atoms with Gasteiger partial charge in [0, 0.05) is 12.8 Å². The summed E-state index contributed by atoms with van der Waals surface area (Å²) < 4.78 is 18.9. The molecule has 2 fully saturated rings. The van der Waals surface area contributed by atoms with E-state index in [4.69, 9.17) is 13.9 Å². The van der Waals surface area contributed by atoms with E-state index in [0.29, 0.717) is 0 Å². The molecule has 1 saturated heterocycles. The van der Waals surface area contributed by atoms with Crippen LogP contribution in [0.2, 0.25) is 18.1 Å². The maximum absolute atomic E-state index is 7.05. The quantitative estimate of drug-likeness (QED) is 0.701. The van der Waals surface area contributed by atoms with Gasteiger partial charge in [0.1, 0.15) is 0 Å². The van der Waals surface area contributed by atoms with Crippen molar-refractivity contribution in [3.05, 3.63) is 35.9 Å². The second-order valence-corrected chi connectivity index (χ2v) is 13.6. The van der Waals surface area contributed by atoms with E-state index in [1.54, 1.807) is 0 Å². The molecule has 1 aliphatic heterocycles. The SMILES string of the molecule is CC(C)(C)[Si](C)(C)OC1(c2ccccc2)CCC2(CC1)OCCO2. The molecule has 24 heavy (non-hydrogen) atoms. The van der Waals surface area contributed by atoms with Crippen LogP contribution in [-0.4, -0.2) is 27.3 Å². The Balaban J connectivity index is 1.89. The molecule has 1 aliphatic carbocycles. The summed E-state index contributed by atoms with van der Waals surface area (Å²) in [5.41, 5.74) is 1.10. The van der Waals surface area contributed by atoms with E-state index >= 15 is 0 Å². The van der Waals surface area contributed by atoms with Crippen LogP contribution in [0.4, 0.5) is 0 Å². The summed E-state index contributed by atoms with van der Waals surface area (Å²) in [4.78, 5) is 0. The zero-order chi connectivity index (χ0) is 17.5. The van der Waals surface area contributed by atoms with Gasteiger partial charge in [0.25, 0.3) is 0 Å². The summed E-state index contributed by atoms with van der Waals surface area (Å²) in [6.45, 7) is 13.1. The fourth-order valence-electron chi connectivity index (χ4n) is 3.65. The maximum Gasteiger partial charge on any atom is 0.193 e. The highest BCUT2D eigenvalue weighted by Gasteiger charge is 2.51. The van der Waals surface area contributed by atoms with Gasteiger partial charge in [-0.05, 0) is 36.5 Å². The van der Waals surface area contributed by atoms with Gasteiger partial charge in [0.15, 0.2) is 14.1 Å². The van der Waals surface area contributed by atoms with Crippen molar-refractivity contribution in [3.63, 3.8) is 0 Å². The van der Waals surface area contributed by atoms with E-state index in [1.807, 2.05) is 0 Å². The average Bonchev–Trinajstić information content (AvgIpc) is 2.98. The molecule has 1 heterocycles. The Kier molecular flexibility index (Phi) is 4.71. The van der Waals surface area contributed by atoms with Gasteiger partial charge < -0.3 is 13.9 Å². The van der Waals surface area contributed by atoms with Gasteiger partial charge in [-0.2, -0.15) is 0 Å². The summed E-state index contributed by atoms with van der Waals surface area (Å²) >= 11 is 0. The maximum atomic E-state index is 7.05. The lowest BCUT2D eigenvalue weighted by atomic mass is 9.77. The molecular formula is C20H32O3Si. The van der Waals surface area contributed by atoms with Gasteiger partial charge >= 0.3 is 0 Å². The van der Waals surface area contributed by atoms with E-state index in [2.05, 4.69) is 64.2 Å². The molecule has 1 aromatic rings. The Morgan fingerprint density at radius 3 is 1.96 bits per heavy atom. The smallest absolute Gasteiger partial charge is 0.193 e. The molecule has 0 amide bonds. The first-order valence-corrected chi connectivity index (χ1v) is 12.1. The third-order valence-corrected chi connectivity index (χ3v) is 10.7. The predicted octanol–water partition coefficient (Wildman–Crippen LogP) is 5.22. The molecule has 0 bridgehead atoms. The minimum absolute atomic E-state index is 0.199. The minimum atomic E-state index is -1.88. The van der Waals surface area contributed by atoms with Gasteiger partial charge in [-0.1, -0.05) is 51.1 Å². The monoisotopic (exact) mass is 348 g/mol. The Hall–Kier alpha value is -0.683. The minimum Gasteiger partial charge on any atom is -0.407 e. The van der Waals surface area contributed by atoms with E-state index < -0.39 is 8.32 Å². The van der Waals surface area contributed by atoms with Crippen molar-refractivity contribution in [2.24, 2.45) is 0 Å². The van der Waals surface area contributed by atoms with E-state index in [0.717, 1.165) is 38.9 Å². The van der Waals surface area contributed by atoms with Crippen LogP contribution in [0.5, 0.6) is 0 Å². The van der Waals surface area contributed by atoms with Gasteiger partial charge in [0.2, 0.25) is 0 Å². The molecule has 2 aliphatic rings. The average molecular weight is 349 g/mol. The van der Waals surface area contributed by atoms with Crippen LogP contribution in [-0.2, 0) is 19.5 Å². The van der Waals surface area contributed by atoms with Crippen LogP contribution in [0.25, 0.3) is 0 Å². The first-order chi connectivity index (χ1) is 11.2. The van der Waals surface area contributed by atoms with Crippen molar-refractivity contribution in [2.45, 2.75) is 76.0 Å². The highest BCUT2D eigenvalue weighted by molar-refractivity contribution is 6.74. The summed E-state index contributed by atoms with van der Waals surface area (Å²) in [5.74, 6) is -0.352. The lowest BCUT2D eigenvalue weighted by Gasteiger charge is -2.50. The number of rotatable bonds is 3. The molecule has 1 spiro atoms. The Morgan fingerprint density at radius 1 is 0.917 bits per heavy atom. The lowest BCUT2D eigenvalue weighted by Crippen LogP contribution is -2.52. The largest absolute Gasteiger partial charge is 0.407 e. The van der Waals surface area contributed by atoms with Crippen LogP contribution in [0, 0.1) is 0 Å². The van der Waals surface area contributed by atoms with E-state index in [9.17, 15) is 0 Å². The number of hydrogen-bond acceptors (Lipinski definition) is 3. The summed E-state index contributed by atoms with van der Waals surface area (Å²) in [6, 6.07) is 10.8. The second kappa shape index (κ2) is 6.24. The van der Waals surface area contributed by atoms with Crippen molar-refractivity contribution in [1.29, 1.82) is 0 Å². The molecular weight excluding hydrogens is 316 g/mol. The fraction of sp³-hybridized carbons (Fsp3) is 0.700. The molecule has 1 saturated carbocycles. The van der Waals surface area contributed by atoms with Crippen molar-refractivity contribution >= 4 is 8.32 Å². The first-order valence-electron chi connectivity index (χ1n) is 9.22. The van der Waals surface area contributed by atoms with Gasteiger partial charge in [-0.3, -0.25) is 0 Å². The molecule has 0 N–H and O–H groups in total. The Bertz CT molecular complexity index is 546. The van der Waals surface area contributed by atoms with Gasteiger partial charge in [-0.25, -0.2) is 0 Å². The number of ether oxygens (including phenoxy) is 2. The third kappa shape index (κ3) is 3.34. The zero-order valence-corrected chi connectivity index (χ0v) is 16.9. The summed E-state index contributed by atoms with van der Waals surface area (Å²) in [7, 11) is -1.88. The number of hydrogen-bond donors (Lipinski definition) is 0. The molecule has 0 atom stereocenters. The number of benzene rings is 1. The van der Waals surface area contributed by atoms with Crippen molar-refractivity contribution in [2.75, 3.05) is 13.2 Å². The summed E-state index contributed by atoms with van der Waals surface area (Å²) in [5, 5.41) is 0.199. The molecule has 0 unspecified atom stereocenters. The molecule has 0 aromatic heterocycles. The molecule has 3 nitrogen and oxygen atoms in total. The first kappa shape index (κ1) is 18.1. The van der Waals surface area contributed by atoms with Crippen LogP contribution in [0.15, 0.2) is 30.3 Å². The van der Waals surface area contributed by atoms with E-state index in [-0.39, 0.29) is 16.4 Å². The van der Waals surface area contributed by atoms with Crippen LogP contribution in [0.3, 0.4) is 0 Å². The Morgan fingerprint density at radius 2 is 1.46 bits per heavy atom. The molecule has 1 aromatic carbocycles. The topological polar surface area (TPSA) is 27.7 Å². The lowest BCUT2D eigenvalue weighted by molar-refractivity contribution is -0.201.